The molecule has 6 nitrogen and oxygen atoms in total. The Hall–Kier alpha value is -2.47. The van der Waals surface area contributed by atoms with Crippen LogP contribution in [0.25, 0.3) is 16.9 Å². The minimum atomic E-state index is 0.724. The highest BCUT2D eigenvalue weighted by Crippen LogP contribution is 2.21. The van der Waals surface area contributed by atoms with Crippen LogP contribution in [-0.4, -0.2) is 19.6 Å². The summed E-state index contributed by atoms with van der Waals surface area (Å²) in [5, 5.41) is 4.51. The number of hydrogen-bond acceptors (Lipinski definition) is 5. The van der Waals surface area contributed by atoms with Gasteiger partial charge in [0.05, 0.1) is 5.69 Å². The number of nitrogens with zero attached hydrogens (tertiary/aromatic N) is 4. The number of hydrogen-bond donors (Lipinski definition) is 2. The largest absolute Gasteiger partial charge is 0.308 e. The van der Waals surface area contributed by atoms with E-state index in [-0.39, 0.29) is 0 Å². The van der Waals surface area contributed by atoms with E-state index in [1.54, 1.807) is 16.9 Å². The Balaban J connectivity index is 2.20. The molecule has 3 N–H and O–H groups in total. The van der Waals surface area contributed by atoms with Crippen LogP contribution in [0.15, 0.2) is 36.7 Å². The summed E-state index contributed by atoms with van der Waals surface area (Å²) in [7, 11) is 0. The van der Waals surface area contributed by atoms with E-state index < -0.39 is 0 Å². The van der Waals surface area contributed by atoms with Gasteiger partial charge in [0.1, 0.15) is 5.82 Å². The second-order valence-corrected chi connectivity index (χ2v) is 4.17. The third kappa shape index (κ3) is 2.02. The van der Waals surface area contributed by atoms with Gasteiger partial charge in [0.25, 0.3) is 0 Å². The van der Waals surface area contributed by atoms with Crippen molar-refractivity contribution in [3.8, 4) is 11.3 Å². The summed E-state index contributed by atoms with van der Waals surface area (Å²) in [5.74, 6) is 6.26. The zero-order chi connectivity index (χ0) is 13.2. The molecule has 0 spiro atoms. The van der Waals surface area contributed by atoms with Gasteiger partial charge in [-0.1, -0.05) is 6.92 Å². The molecule has 0 saturated carbocycles. The Morgan fingerprint density at radius 3 is 2.74 bits per heavy atom. The average Bonchev–Trinajstić information content (AvgIpc) is 2.91. The van der Waals surface area contributed by atoms with Crippen molar-refractivity contribution in [2.24, 2.45) is 5.84 Å². The van der Waals surface area contributed by atoms with E-state index in [1.165, 1.54) is 0 Å². The summed E-state index contributed by atoms with van der Waals surface area (Å²) in [6.07, 6.45) is 4.33. The van der Waals surface area contributed by atoms with Crippen molar-refractivity contribution in [1.82, 2.24) is 19.6 Å². The van der Waals surface area contributed by atoms with Crippen molar-refractivity contribution in [3.05, 3.63) is 42.4 Å². The summed E-state index contributed by atoms with van der Waals surface area (Å²) >= 11 is 0. The molecule has 0 aliphatic rings. The predicted molar refractivity (Wildman–Crippen MR) is 73.4 cm³/mol. The zero-order valence-corrected chi connectivity index (χ0v) is 10.5. The molecule has 0 bridgehead atoms. The molecule has 3 rings (SSSR count). The molecule has 0 fully saturated rings. The van der Waals surface area contributed by atoms with Gasteiger partial charge in [0, 0.05) is 35.8 Å². The molecule has 0 aromatic carbocycles. The average molecular weight is 254 g/mol. The lowest BCUT2D eigenvalue weighted by Gasteiger charge is -2.05. The van der Waals surface area contributed by atoms with Crippen molar-refractivity contribution < 1.29 is 0 Å². The molecule has 96 valence electrons. The number of fused-ring (bicyclic) bond motifs is 1. The van der Waals surface area contributed by atoms with Crippen molar-refractivity contribution in [3.63, 3.8) is 0 Å². The maximum Gasteiger partial charge on any atom is 0.158 e. The van der Waals surface area contributed by atoms with E-state index in [1.807, 2.05) is 24.3 Å². The number of rotatable bonds is 3. The molecular weight excluding hydrogens is 240 g/mol. The minimum absolute atomic E-state index is 0.724. The molecule has 6 heteroatoms. The summed E-state index contributed by atoms with van der Waals surface area (Å²) in [6.45, 7) is 2.05. The third-order valence-electron chi connectivity index (χ3n) is 2.97. The number of pyridine rings is 1. The van der Waals surface area contributed by atoms with Gasteiger partial charge < -0.3 is 5.43 Å². The van der Waals surface area contributed by atoms with Crippen LogP contribution in [-0.2, 0) is 6.42 Å². The first-order valence-electron chi connectivity index (χ1n) is 6.08. The molecule has 0 unspecified atom stereocenters. The molecule has 0 amide bonds. The minimum Gasteiger partial charge on any atom is -0.308 e. The van der Waals surface area contributed by atoms with Crippen molar-refractivity contribution in [2.45, 2.75) is 13.3 Å². The van der Waals surface area contributed by atoms with E-state index in [9.17, 15) is 0 Å². The highest BCUT2D eigenvalue weighted by Gasteiger charge is 2.09. The number of aromatic nitrogens is 4. The van der Waals surface area contributed by atoms with Crippen LogP contribution in [0.1, 0.15) is 12.6 Å². The SMILES string of the molecule is CCc1cc(NN)n2nc(-c3ccncc3)cc2n1. The Bertz CT molecular complexity index is 704. The molecule has 3 heterocycles. The number of aryl methyl sites for hydroxylation is 1. The van der Waals surface area contributed by atoms with Crippen molar-refractivity contribution in [2.75, 3.05) is 5.43 Å². The first kappa shape index (κ1) is 11.6. The van der Waals surface area contributed by atoms with Crippen LogP contribution in [0.4, 0.5) is 5.82 Å². The number of anilines is 1. The number of nitrogens with two attached hydrogens (primary N) is 1. The van der Waals surface area contributed by atoms with Gasteiger partial charge in [-0.15, -0.1) is 0 Å². The van der Waals surface area contributed by atoms with E-state index >= 15 is 0 Å². The van der Waals surface area contributed by atoms with Gasteiger partial charge >= 0.3 is 0 Å². The molecule has 3 aromatic rings. The molecule has 0 aliphatic carbocycles. The predicted octanol–water partition coefficient (Wildman–Crippen LogP) is 1.64. The van der Waals surface area contributed by atoms with Gasteiger partial charge in [-0.25, -0.2) is 10.8 Å². The van der Waals surface area contributed by atoms with Crippen molar-refractivity contribution in [1.29, 1.82) is 0 Å². The zero-order valence-electron chi connectivity index (χ0n) is 10.5. The monoisotopic (exact) mass is 254 g/mol. The van der Waals surface area contributed by atoms with Crippen LogP contribution in [0, 0.1) is 0 Å². The van der Waals surface area contributed by atoms with Gasteiger partial charge in [-0.2, -0.15) is 9.61 Å². The lowest BCUT2D eigenvalue weighted by atomic mass is 10.2. The normalized spacial score (nSPS) is 10.8. The highest BCUT2D eigenvalue weighted by atomic mass is 15.4. The first-order valence-corrected chi connectivity index (χ1v) is 6.08. The fraction of sp³-hybridized carbons (Fsp3) is 0.154. The quantitative estimate of drug-likeness (QED) is 0.548. The highest BCUT2D eigenvalue weighted by molar-refractivity contribution is 5.65. The molecular formula is C13H14N6. The van der Waals surface area contributed by atoms with Crippen LogP contribution in [0.2, 0.25) is 0 Å². The maximum atomic E-state index is 5.54. The topological polar surface area (TPSA) is 81.1 Å². The Kier molecular flexibility index (Phi) is 2.85. The summed E-state index contributed by atoms with van der Waals surface area (Å²) < 4.78 is 1.70. The van der Waals surface area contributed by atoms with Gasteiger partial charge in [-0.05, 0) is 18.6 Å². The summed E-state index contributed by atoms with van der Waals surface area (Å²) in [4.78, 5) is 8.54. The maximum absolute atomic E-state index is 5.54. The lowest BCUT2D eigenvalue weighted by Crippen LogP contribution is -2.12. The van der Waals surface area contributed by atoms with Crippen LogP contribution >= 0.6 is 0 Å². The number of nitrogen functional groups attached to an aromatic ring is 1. The van der Waals surface area contributed by atoms with E-state index in [2.05, 4.69) is 27.4 Å². The third-order valence-corrected chi connectivity index (χ3v) is 2.97. The molecule has 0 radical (unpaired) electrons. The number of hydrazine groups is 1. The fourth-order valence-corrected chi connectivity index (χ4v) is 1.97. The molecule has 3 aromatic heterocycles. The first-order chi connectivity index (χ1) is 9.31. The van der Waals surface area contributed by atoms with Gasteiger partial charge in [0.2, 0.25) is 0 Å². The van der Waals surface area contributed by atoms with E-state index in [4.69, 9.17) is 5.84 Å². The fourth-order valence-electron chi connectivity index (χ4n) is 1.97. The Labute approximate surface area is 110 Å². The van der Waals surface area contributed by atoms with Crippen LogP contribution in [0.3, 0.4) is 0 Å². The summed E-state index contributed by atoms with van der Waals surface area (Å²) in [5.41, 5.74) is 6.26. The Morgan fingerprint density at radius 2 is 2.05 bits per heavy atom. The van der Waals surface area contributed by atoms with E-state index in [0.717, 1.165) is 34.8 Å². The summed E-state index contributed by atoms with van der Waals surface area (Å²) in [6, 6.07) is 7.67. The van der Waals surface area contributed by atoms with Crippen LogP contribution in [0.5, 0.6) is 0 Å². The second-order valence-electron chi connectivity index (χ2n) is 4.17. The second kappa shape index (κ2) is 4.66. The molecule has 0 aliphatic heterocycles. The smallest absolute Gasteiger partial charge is 0.158 e. The Morgan fingerprint density at radius 1 is 1.26 bits per heavy atom. The van der Waals surface area contributed by atoms with Crippen molar-refractivity contribution >= 4 is 11.5 Å². The molecule has 0 saturated heterocycles. The standard InChI is InChI=1S/C13H14N6/c1-2-10-7-13(17-14)19-12(16-10)8-11(18-19)9-3-5-15-6-4-9/h3-8,17H,2,14H2,1H3. The molecule has 0 atom stereocenters. The van der Waals surface area contributed by atoms with Crippen LogP contribution < -0.4 is 11.3 Å². The lowest BCUT2D eigenvalue weighted by molar-refractivity contribution is 0.913. The van der Waals surface area contributed by atoms with Gasteiger partial charge in [0.15, 0.2) is 5.65 Å². The van der Waals surface area contributed by atoms with Gasteiger partial charge in [-0.3, -0.25) is 4.98 Å². The van der Waals surface area contributed by atoms with E-state index in [0.29, 0.717) is 0 Å². The molecule has 19 heavy (non-hydrogen) atoms. The number of nitrogens with one attached hydrogen (secondary N) is 1.